The highest BCUT2D eigenvalue weighted by atomic mass is 32.1. The van der Waals surface area contributed by atoms with E-state index in [1.807, 2.05) is 26.0 Å². The molecule has 2 heterocycles. The van der Waals surface area contributed by atoms with Gasteiger partial charge in [0.25, 0.3) is 0 Å². The monoisotopic (exact) mass is 236 g/mol. The highest BCUT2D eigenvalue weighted by molar-refractivity contribution is 7.15. The molecule has 0 aliphatic heterocycles. The minimum Gasteiger partial charge on any atom is -0.459 e. The van der Waals surface area contributed by atoms with E-state index in [0.29, 0.717) is 0 Å². The SMILES string of the molecule is CCc1ccc(-c2nc(C)c(C(C)N)s2)o1. The highest BCUT2D eigenvalue weighted by Crippen LogP contribution is 2.31. The van der Waals surface area contributed by atoms with Crippen LogP contribution in [0.5, 0.6) is 0 Å². The molecule has 1 atom stereocenters. The lowest BCUT2D eigenvalue weighted by Crippen LogP contribution is -2.03. The van der Waals surface area contributed by atoms with Crippen molar-refractivity contribution in [1.82, 2.24) is 4.98 Å². The van der Waals surface area contributed by atoms with Crippen LogP contribution in [0.25, 0.3) is 10.8 Å². The summed E-state index contributed by atoms with van der Waals surface area (Å²) in [5.74, 6) is 1.84. The van der Waals surface area contributed by atoms with E-state index >= 15 is 0 Å². The molecule has 0 bridgehead atoms. The molecule has 2 aromatic rings. The van der Waals surface area contributed by atoms with E-state index in [0.717, 1.165) is 33.5 Å². The van der Waals surface area contributed by atoms with Gasteiger partial charge in [0, 0.05) is 17.3 Å². The molecular weight excluding hydrogens is 220 g/mol. The Bertz CT molecular complexity index is 485. The van der Waals surface area contributed by atoms with Gasteiger partial charge in [-0.05, 0) is 26.0 Å². The first kappa shape index (κ1) is 11.4. The van der Waals surface area contributed by atoms with Crippen molar-refractivity contribution in [3.63, 3.8) is 0 Å². The van der Waals surface area contributed by atoms with Crippen molar-refractivity contribution in [2.24, 2.45) is 5.73 Å². The zero-order valence-electron chi connectivity index (χ0n) is 9.78. The van der Waals surface area contributed by atoms with Gasteiger partial charge in [-0.25, -0.2) is 4.98 Å². The van der Waals surface area contributed by atoms with E-state index in [9.17, 15) is 0 Å². The average molecular weight is 236 g/mol. The number of hydrogen-bond acceptors (Lipinski definition) is 4. The van der Waals surface area contributed by atoms with Gasteiger partial charge in [-0.15, -0.1) is 11.3 Å². The lowest BCUT2D eigenvalue weighted by molar-refractivity contribution is 0.529. The summed E-state index contributed by atoms with van der Waals surface area (Å²) in [7, 11) is 0. The Morgan fingerprint density at radius 3 is 2.75 bits per heavy atom. The number of rotatable bonds is 3. The second kappa shape index (κ2) is 4.39. The lowest BCUT2D eigenvalue weighted by Gasteiger charge is -1.99. The molecule has 0 amide bonds. The quantitative estimate of drug-likeness (QED) is 0.889. The van der Waals surface area contributed by atoms with Gasteiger partial charge >= 0.3 is 0 Å². The maximum atomic E-state index is 5.88. The number of furan rings is 1. The molecule has 0 saturated heterocycles. The first-order valence-electron chi connectivity index (χ1n) is 5.43. The first-order valence-corrected chi connectivity index (χ1v) is 6.25. The molecule has 0 radical (unpaired) electrons. The van der Waals surface area contributed by atoms with E-state index < -0.39 is 0 Å². The fourth-order valence-electron chi connectivity index (χ4n) is 1.62. The van der Waals surface area contributed by atoms with Crippen LogP contribution in [-0.2, 0) is 6.42 Å². The molecule has 2 aromatic heterocycles. The van der Waals surface area contributed by atoms with Crippen molar-refractivity contribution in [1.29, 1.82) is 0 Å². The number of thiazole rings is 1. The average Bonchev–Trinajstić information content (AvgIpc) is 2.83. The minimum atomic E-state index is 0.0341. The lowest BCUT2D eigenvalue weighted by atomic mass is 10.2. The van der Waals surface area contributed by atoms with Gasteiger partial charge < -0.3 is 10.2 Å². The van der Waals surface area contributed by atoms with E-state index in [1.54, 1.807) is 11.3 Å². The maximum absolute atomic E-state index is 5.88. The van der Waals surface area contributed by atoms with E-state index in [1.165, 1.54) is 0 Å². The third kappa shape index (κ3) is 2.03. The summed E-state index contributed by atoms with van der Waals surface area (Å²) >= 11 is 1.61. The Labute approximate surface area is 99.3 Å². The zero-order valence-corrected chi connectivity index (χ0v) is 10.6. The van der Waals surface area contributed by atoms with Gasteiger partial charge in [0.05, 0.1) is 5.69 Å². The summed E-state index contributed by atoms with van der Waals surface area (Å²) in [6.07, 6.45) is 0.907. The third-order valence-corrected chi connectivity index (χ3v) is 3.84. The fraction of sp³-hybridized carbons (Fsp3) is 0.417. The fourth-order valence-corrected chi connectivity index (χ4v) is 2.60. The number of aryl methyl sites for hydroxylation is 2. The van der Waals surface area contributed by atoms with Crippen molar-refractivity contribution >= 4 is 11.3 Å². The molecule has 4 heteroatoms. The smallest absolute Gasteiger partial charge is 0.162 e. The maximum Gasteiger partial charge on any atom is 0.162 e. The molecule has 0 saturated carbocycles. The summed E-state index contributed by atoms with van der Waals surface area (Å²) < 4.78 is 5.67. The number of nitrogens with two attached hydrogens (primary N) is 1. The number of hydrogen-bond donors (Lipinski definition) is 1. The van der Waals surface area contributed by atoms with Gasteiger partial charge in [-0.3, -0.25) is 0 Å². The zero-order chi connectivity index (χ0) is 11.7. The Balaban J connectivity index is 2.37. The summed E-state index contributed by atoms with van der Waals surface area (Å²) in [6.45, 7) is 6.04. The van der Waals surface area contributed by atoms with Gasteiger partial charge in [0.1, 0.15) is 5.76 Å². The number of aromatic nitrogens is 1. The van der Waals surface area contributed by atoms with Crippen LogP contribution in [-0.4, -0.2) is 4.98 Å². The van der Waals surface area contributed by atoms with Crippen LogP contribution >= 0.6 is 11.3 Å². The molecule has 0 aliphatic carbocycles. The van der Waals surface area contributed by atoms with E-state index in [2.05, 4.69) is 11.9 Å². The molecular formula is C12H16N2OS. The second-order valence-electron chi connectivity index (χ2n) is 3.88. The highest BCUT2D eigenvalue weighted by Gasteiger charge is 2.14. The Morgan fingerprint density at radius 1 is 1.50 bits per heavy atom. The molecule has 0 fully saturated rings. The van der Waals surface area contributed by atoms with Crippen molar-refractivity contribution in [2.45, 2.75) is 33.2 Å². The van der Waals surface area contributed by atoms with Crippen molar-refractivity contribution in [2.75, 3.05) is 0 Å². The third-order valence-electron chi connectivity index (χ3n) is 2.47. The van der Waals surface area contributed by atoms with Gasteiger partial charge in [0.15, 0.2) is 10.8 Å². The standard InChI is InChI=1S/C12H16N2OS/c1-4-9-5-6-10(15-9)12-14-8(3)11(16-12)7(2)13/h5-7H,4,13H2,1-3H3. The molecule has 0 aliphatic rings. The van der Waals surface area contributed by atoms with E-state index in [4.69, 9.17) is 10.2 Å². The molecule has 16 heavy (non-hydrogen) atoms. The van der Waals surface area contributed by atoms with Crippen LogP contribution in [0.2, 0.25) is 0 Å². The van der Waals surface area contributed by atoms with Crippen LogP contribution in [0, 0.1) is 6.92 Å². The molecule has 0 aromatic carbocycles. The van der Waals surface area contributed by atoms with Gasteiger partial charge in [-0.1, -0.05) is 6.92 Å². The van der Waals surface area contributed by atoms with Crippen LogP contribution in [0.3, 0.4) is 0 Å². The van der Waals surface area contributed by atoms with Crippen LogP contribution in [0.15, 0.2) is 16.5 Å². The summed E-state index contributed by atoms with van der Waals surface area (Å²) in [5, 5.41) is 0.921. The first-order chi connectivity index (χ1) is 7.61. The Morgan fingerprint density at radius 2 is 2.25 bits per heavy atom. The van der Waals surface area contributed by atoms with Crippen molar-refractivity contribution < 1.29 is 4.42 Å². The topological polar surface area (TPSA) is 52.0 Å². The molecule has 1 unspecified atom stereocenters. The molecule has 2 N–H and O–H groups in total. The summed E-state index contributed by atoms with van der Waals surface area (Å²) in [5.41, 5.74) is 6.88. The molecule has 86 valence electrons. The minimum absolute atomic E-state index is 0.0341. The molecule has 3 nitrogen and oxygen atoms in total. The van der Waals surface area contributed by atoms with Gasteiger partial charge in [-0.2, -0.15) is 0 Å². The Kier molecular flexibility index (Phi) is 3.12. The number of nitrogens with zero attached hydrogens (tertiary/aromatic N) is 1. The van der Waals surface area contributed by atoms with Crippen LogP contribution < -0.4 is 5.73 Å². The van der Waals surface area contributed by atoms with Crippen molar-refractivity contribution in [3.8, 4) is 10.8 Å². The largest absolute Gasteiger partial charge is 0.459 e. The normalized spacial score (nSPS) is 13.0. The predicted molar refractivity (Wildman–Crippen MR) is 66.5 cm³/mol. The summed E-state index contributed by atoms with van der Waals surface area (Å²) in [6, 6.07) is 4.01. The van der Waals surface area contributed by atoms with E-state index in [-0.39, 0.29) is 6.04 Å². The van der Waals surface area contributed by atoms with Crippen LogP contribution in [0.1, 0.15) is 36.2 Å². The van der Waals surface area contributed by atoms with Crippen molar-refractivity contribution in [3.05, 3.63) is 28.5 Å². The van der Waals surface area contributed by atoms with Crippen LogP contribution in [0.4, 0.5) is 0 Å². The van der Waals surface area contributed by atoms with Gasteiger partial charge in [0.2, 0.25) is 0 Å². The summed E-state index contributed by atoms with van der Waals surface area (Å²) in [4.78, 5) is 5.62. The predicted octanol–water partition coefficient (Wildman–Crippen LogP) is 3.29. The second-order valence-corrected chi connectivity index (χ2v) is 4.91. The molecule has 0 spiro atoms. The Hall–Kier alpha value is -1.13. The molecule has 2 rings (SSSR count).